The molecule has 66 valence electrons. The Balaban J connectivity index is 2.40. The first-order chi connectivity index (χ1) is 6.35. The third-order valence-corrected chi connectivity index (χ3v) is 2.52. The zero-order valence-corrected chi connectivity index (χ0v) is 7.20. The third-order valence-electron chi connectivity index (χ3n) is 2.52. The van der Waals surface area contributed by atoms with Gasteiger partial charge in [0.25, 0.3) is 0 Å². The van der Waals surface area contributed by atoms with E-state index in [9.17, 15) is 0 Å². The van der Waals surface area contributed by atoms with Crippen LogP contribution in [0, 0.1) is 17.2 Å². The average molecular weight is 174 g/mol. The highest BCUT2D eigenvalue weighted by molar-refractivity contribution is 5.40. The molecule has 1 heterocycles. The van der Waals surface area contributed by atoms with Crippen molar-refractivity contribution < 1.29 is 5.11 Å². The van der Waals surface area contributed by atoms with Crippen molar-refractivity contribution in [3.63, 3.8) is 0 Å². The summed E-state index contributed by atoms with van der Waals surface area (Å²) in [5, 5.41) is 17.8. The Morgan fingerprint density at radius 2 is 2.46 bits per heavy atom. The van der Waals surface area contributed by atoms with Crippen LogP contribution in [0.5, 0.6) is 0 Å². The molecule has 0 fully saturated rings. The molecule has 1 aliphatic carbocycles. The van der Waals surface area contributed by atoms with E-state index >= 15 is 0 Å². The van der Waals surface area contributed by atoms with E-state index in [1.807, 2.05) is 6.07 Å². The molecular formula is C10H10N2O. The number of rotatable bonds is 1. The molecule has 0 saturated carbocycles. The molecule has 1 N–H and O–H groups in total. The van der Waals surface area contributed by atoms with Gasteiger partial charge in [0.1, 0.15) is 11.8 Å². The van der Waals surface area contributed by atoms with Gasteiger partial charge in [0, 0.05) is 12.8 Å². The van der Waals surface area contributed by atoms with Crippen molar-refractivity contribution in [3.8, 4) is 6.07 Å². The number of fused-ring (bicyclic) bond motifs is 1. The Hall–Kier alpha value is -1.40. The van der Waals surface area contributed by atoms with Crippen molar-refractivity contribution >= 4 is 0 Å². The Kier molecular flexibility index (Phi) is 1.99. The number of hydrogen-bond donors (Lipinski definition) is 1. The summed E-state index contributed by atoms with van der Waals surface area (Å²) in [5.41, 5.74) is 2.73. The van der Waals surface area contributed by atoms with E-state index in [0.29, 0.717) is 5.69 Å². The summed E-state index contributed by atoms with van der Waals surface area (Å²) in [5.74, 6) is 0.284. The van der Waals surface area contributed by atoms with Gasteiger partial charge in [-0.15, -0.1) is 0 Å². The summed E-state index contributed by atoms with van der Waals surface area (Å²) < 4.78 is 0. The number of pyridine rings is 1. The molecule has 1 aromatic heterocycles. The van der Waals surface area contributed by atoms with E-state index < -0.39 is 0 Å². The molecule has 0 saturated heterocycles. The number of nitriles is 1. The molecule has 0 bridgehead atoms. The monoisotopic (exact) mass is 174 g/mol. The maximum absolute atomic E-state index is 9.00. The second-order valence-corrected chi connectivity index (χ2v) is 3.37. The first-order valence-electron chi connectivity index (χ1n) is 4.33. The summed E-state index contributed by atoms with van der Waals surface area (Å²) in [6, 6.07) is 4.02. The molecule has 1 aliphatic rings. The fourth-order valence-electron chi connectivity index (χ4n) is 1.85. The molecule has 2 rings (SSSR count). The molecule has 3 heteroatoms. The van der Waals surface area contributed by atoms with Gasteiger partial charge >= 0.3 is 0 Å². The van der Waals surface area contributed by atoms with E-state index in [-0.39, 0.29) is 12.5 Å². The highest BCUT2D eigenvalue weighted by Crippen LogP contribution is 2.27. The van der Waals surface area contributed by atoms with Crippen LogP contribution in [0.2, 0.25) is 0 Å². The van der Waals surface area contributed by atoms with Crippen LogP contribution in [0.4, 0.5) is 0 Å². The number of aromatic nitrogens is 1. The maximum atomic E-state index is 9.00. The summed E-state index contributed by atoms with van der Waals surface area (Å²) in [4.78, 5) is 3.99. The third kappa shape index (κ3) is 1.30. The zero-order valence-electron chi connectivity index (χ0n) is 7.20. The van der Waals surface area contributed by atoms with E-state index in [1.54, 1.807) is 6.20 Å². The molecule has 1 atom stereocenters. The van der Waals surface area contributed by atoms with E-state index in [4.69, 9.17) is 10.4 Å². The lowest BCUT2D eigenvalue weighted by molar-refractivity contribution is 0.232. The lowest BCUT2D eigenvalue weighted by Crippen LogP contribution is -2.04. The van der Waals surface area contributed by atoms with Gasteiger partial charge in [-0.1, -0.05) is 0 Å². The second kappa shape index (κ2) is 3.15. The van der Waals surface area contributed by atoms with Crippen molar-refractivity contribution in [2.45, 2.75) is 12.8 Å². The number of aliphatic hydroxyl groups is 1. The van der Waals surface area contributed by atoms with Crippen molar-refractivity contribution in [2.24, 2.45) is 5.92 Å². The van der Waals surface area contributed by atoms with Gasteiger partial charge in [0.05, 0.1) is 0 Å². The fourth-order valence-corrected chi connectivity index (χ4v) is 1.85. The van der Waals surface area contributed by atoms with E-state index in [2.05, 4.69) is 11.1 Å². The minimum atomic E-state index is 0.194. The summed E-state index contributed by atoms with van der Waals surface area (Å²) >= 11 is 0. The van der Waals surface area contributed by atoms with Gasteiger partial charge < -0.3 is 5.11 Å². The van der Waals surface area contributed by atoms with Gasteiger partial charge in [-0.3, -0.25) is 0 Å². The van der Waals surface area contributed by atoms with Gasteiger partial charge in [0.2, 0.25) is 0 Å². The number of aliphatic hydroxyl groups excluding tert-OH is 1. The zero-order chi connectivity index (χ0) is 9.26. The topological polar surface area (TPSA) is 56.9 Å². The molecule has 0 aromatic carbocycles. The quantitative estimate of drug-likeness (QED) is 0.680. The van der Waals surface area contributed by atoms with Crippen LogP contribution in [0.25, 0.3) is 0 Å². The first kappa shape index (κ1) is 8.21. The Morgan fingerprint density at radius 3 is 3.15 bits per heavy atom. The first-order valence-corrected chi connectivity index (χ1v) is 4.33. The van der Waals surface area contributed by atoms with Crippen LogP contribution in [-0.4, -0.2) is 16.7 Å². The van der Waals surface area contributed by atoms with E-state index in [1.165, 1.54) is 5.56 Å². The highest BCUT2D eigenvalue weighted by Gasteiger charge is 2.23. The van der Waals surface area contributed by atoms with Crippen LogP contribution in [0.3, 0.4) is 0 Å². The standard InChI is InChI=1S/C10H10N2O/c11-5-10-9-4-7(6-13)3-8(9)1-2-12-10/h1-2,7,13H,3-4,6H2. The lowest BCUT2D eigenvalue weighted by Gasteiger charge is -2.00. The summed E-state index contributed by atoms with van der Waals surface area (Å²) in [7, 11) is 0. The van der Waals surface area contributed by atoms with Gasteiger partial charge in [-0.05, 0) is 36.0 Å². The van der Waals surface area contributed by atoms with Crippen molar-refractivity contribution in [1.29, 1.82) is 5.26 Å². The van der Waals surface area contributed by atoms with Gasteiger partial charge in [0.15, 0.2) is 0 Å². The molecule has 0 radical (unpaired) electrons. The van der Waals surface area contributed by atoms with Crippen LogP contribution in [0.1, 0.15) is 16.8 Å². The highest BCUT2D eigenvalue weighted by atomic mass is 16.3. The fraction of sp³-hybridized carbons (Fsp3) is 0.400. The van der Waals surface area contributed by atoms with Crippen LogP contribution >= 0.6 is 0 Å². The number of hydrogen-bond acceptors (Lipinski definition) is 3. The normalized spacial score (nSPS) is 19.5. The Morgan fingerprint density at radius 1 is 1.62 bits per heavy atom. The molecule has 1 aromatic rings. The predicted molar refractivity (Wildman–Crippen MR) is 46.9 cm³/mol. The molecule has 1 unspecified atom stereocenters. The molecule has 13 heavy (non-hydrogen) atoms. The molecule has 0 amide bonds. The SMILES string of the molecule is N#Cc1nccc2c1CC(CO)C2. The predicted octanol–water partition coefficient (Wildman–Crippen LogP) is 0.660. The lowest BCUT2D eigenvalue weighted by atomic mass is 10.1. The minimum absolute atomic E-state index is 0.194. The molecule has 3 nitrogen and oxygen atoms in total. The average Bonchev–Trinajstić information content (AvgIpc) is 2.59. The largest absolute Gasteiger partial charge is 0.396 e. The smallest absolute Gasteiger partial charge is 0.143 e. The van der Waals surface area contributed by atoms with Crippen molar-refractivity contribution in [3.05, 3.63) is 29.1 Å². The van der Waals surface area contributed by atoms with Crippen LogP contribution < -0.4 is 0 Å². The summed E-state index contributed by atoms with van der Waals surface area (Å²) in [6.45, 7) is 0.194. The Labute approximate surface area is 76.7 Å². The molecule has 0 aliphatic heterocycles. The molecule has 0 spiro atoms. The Bertz CT molecular complexity index is 368. The summed E-state index contributed by atoms with van der Waals surface area (Å²) in [6.07, 6.45) is 3.34. The van der Waals surface area contributed by atoms with Crippen LogP contribution in [-0.2, 0) is 12.8 Å². The second-order valence-electron chi connectivity index (χ2n) is 3.37. The van der Waals surface area contributed by atoms with Crippen molar-refractivity contribution in [2.75, 3.05) is 6.61 Å². The van der Waals surface area contributed by atoms with Gasteiger partial charge in [-0.2, -0.15) is 5.26 Å². The maximum Gasteiger partial charge on any atom is 0.143 e. The van der Waals surface area contributed by atoms with E-state index in [0.717, 1.165) is 18.4 Å². The van der Waals surface area contributed by atoms with Gasteiger partial charge in [-0.25, -0.2) is 4.98 Å². The van der Waals surface area contributed by atoms with Crippen LogP contribution in [0.15, 0.2) is 12.3 Å². The number of nitrogens with zero attached hydrogens (tertiary/aromatic N) is 2. The van der Waals surface area contributed by atoms with Crippen molar-refractivity contribution in [1.82, 2.24) is 4.98 Å². The minimum Gasteiger partial charge on any atom is -0.396 e. The molecular weight excluding hydrogens is 164 g/mol.